The van der Waals surface area contributed by atoms with Crippen molar-refractivity contribution >= 4 is 30.2 Å². The van der Waals surface area contributed by atoms with Gasteiger partial charge in [-0.15, -0.1) is 0 Å². The molecule has 0 aliphatic carbocycles. The molecule has 0 spiro atoms. The van der Waals surface area contributed by atoms with E-state index < -0.39 is 5.97 Å². The van der Waals surface area contributed by atoms with Crippen molar-refractivity contribution in [2.75, 3.05) is 11.8 Å². The number of hydrogen-bond acceptors (Lipinski definition) is 3. The quantitative estimate of drug-likeness (QED) is 0.347. The first-order valence-electron chi connectivity index (χ1n) is 1.63. The van der Waals surface area contributed by atoms with Crippen LogP contribution in [0.1, 0.15) is 0 Å². The molecule has 0 fully saturated rings. The Morgan fingerprint density at radius 2 is 2.43 bits per heavy atom. The van der Waals surface area contributed by atoms with E-state index in [0.29, 0.717) is 0 Å². The number of halogens is 1. The van der Waals surface area contributed by atoms with Crippen molar-refractivity contribution in [1.82, 2.24) is 0 Å². The van der Waals surface area contributed by atoms with Gasteiger partial charge in [0.1, 0.15) is 0 Å². The van der Waals surface area contributed by atoms with Crippen molar-refractivity contribution < 1.29 is 9.53 Å². The molecule has 0 unspecified atom stereocenters. The summed E-state index contributed by atoms with van der Waals surface area (Å²) in [5.41, 5.74) is 0. The Morgan fingerprint density at radius 1 is 1.86 bits per heavy atom. The molecule has 0 aromatic carbocycles. The van der Waals surface area contributed by atoms with Crippen LogP contribution in [0.2, 0.25) is 0 Å². The Hall–Kier alpha value is 0.110. The number of carbonyl (C=O) groups excluding carboxylic acids is 1. The minimum Gasteiger partial charge on any atom is -0.449 e. The van der Waals surface area contributed by atoms with Gasteiger partial charge in [0.15, 0.2) is 6.07 Å². The Balaban J connectivity index is 3.00. The summed E-state index contributed by atoms with van der Waals surface area (Å²) in [6.45, 7) is 0. The smallest absolute Gasteiger partial charge is 0.316 e. The molecule has 4 heteroatoms. The fraction of sp³-hybridized carbons (Fsp3) is 0.667. The molecule has 0 saturated carbocycles. The van der Waals surface area contributed by atoms with E-state index in [9.17, 15) is 4.79 Å². The highest BCUT2D eigenvalue weighted by Crippen LogP contribution is 1.82. The molecule has 0 atom stereocenters. The second-order valence-corrected chi connectivity index (χ2v) is 1.32. The standard InChI is InChI=1S/C3H5ClO2S/c4-2-6-3(5)1-7/h7H,1-2H2. The van der Waals surface area contributed by atoms with E-state index in [1.54, 1.807) is 0 Å². The van der Waals surface area contributed by atoms with Crippen LogP contribution in [0.25, 0.3) is 0 Å². The summed E-state index contributed by atoms with van der Waals surface area (Å²) in [7, 11) is 0. The van der Waals surface area contributed by atoms with Crippen LogP contribution in [0.5, 0.6) is 0 Å². The molecule has 2 nitrogen and oxygen atoms in total. The highest BCUT2D eigenvalue weighted by Gasteiger charge is 1.92. The van der Waals surface area contributed by atoms with Gasteiger partial charge in [0.05, 0.1) is 5.75 Å². The zero-order valence-corrected chi connectivity index (χ0v) is 5.21. The van der Waals surface area contributed by atoms with Crippen molar-refractivity contribution in [1.29, 1.82) is 0 Å². The normalized spacial score (nSPS) is 8.29. The second-order valence-electron chi connectivity index (χ2n) is 0.784. The van der Waals surface area contributed by atoms with Gasteiger partial charge < -0.3 is 4.74 Å². The summed E-state index contributed by atoms with van der Waals surface area (Å²) < 4.78 is 4.24. The van der Waals surface area contributed by atoms with Gasteiger partial charge in [0, 0.05) is 0 Å². The van der Waals surface area contributed by atoms with E-state index in [4.69, 9.17) is 11.6 Å². The number of alkyl halides is 1. The monoisotopic (exact) mass is 140 g/mol. The zero-order valence-electron chi connectivity index (χ0n) is 3.56. The lowest BCUT2D eigenvalue weighted by Crippen LogP contribution is -2.02. The van der Waals surface area contributed by atoms with Gasteiger partial charge in [-0.25, -0.2) is 0 Å². The summed E-state index contributed by atoms with van der Waals surface area (Å²) in [6, 6.07) is -0.0839. The van der Waals surface area contributed by atoms with Crippen molar-refractivity contribution in [2.24, 2.45) is 0 Å². The molecule has 42 valence electrons. The third kappa shape index (κ3) is 3.95. The van der Waals surface area contributed by atoms with E-state index in [0.717, 1.165) is 0 Å². The number of rotatable bonds is 2. The lowest BCUT2D eigenvalue weighted by Gasteiger charge is -1.91. The molecular formula is C3H5ClO2S. The maximum Gasteiger partial charge on any atom is 0.316 e. The van der Waals surface area contributed by atoms with Crippen LogP contribution in [0.3, 0.4) is 0 Å². The maximum atomic E-state index is 10.0. The lowest BCUT2D eigenvalue weighted by atomic mass is 10.8. The molecule has 0 aromatic rings. The van der Waals surface area contributed by atoms with Gasteiger partial charge in [-0.1, -0.05) is 11.6 Å². The van der Waals surface area contributed by atoms with Crippen LogP contribution in [0.15, 0.2) is 0 Å². The zero-order chi connectivity index (χ0) is 5.70. The SMILES string of the molecule is O=C(CS)OCCl. The topological polar surface area (TPSA) is 26.3 Å². The minimum atomic E-state index is -0.390. The fourth-order valence-electron chi connectivity index (χ4n) is 0.106. The molecule has 0 aliphatic heterocycles. The number of ether oxygens (including phenoxy) is 1. The highest BCUT2D eigenvalue weighted by atomic mass is 35.5. The van der Waals surface area contributed by atoms with Crippen LogP contribution in [-0.2, 0) is 9.53 Å². The van der Waals surface area contributed by atoms with E-state index >= 15 is 0 Å². The molecule has 0 heterocycles. The van der Waals surface area contributed by atoms with Crippen LogP contribution in [-0.4, -0.2) is 17.8 Å². The first-order chi connectivity index (χ1) is 3.31. The molecule has 7 heavy (non-hydrogen) atoms. The van der Waals surface area contributed by atoms with Crippen LogP contribution in [0.4, 0.5) is 0 Å². The van der Waals surface area contributed by atoms with Crippen LogP contribution < -0.4 is 0 Å². The minimum absolute atomic E-state index is 0.0839. The summed E-state index contributed by atoms with van der Waals surface area (Å²) >= 11 is 8.61. The molecule has 0 amide bonds. The maximum absolute atomic E-state index is 10.0. The molecule has 0 rings (SSSR count). The van der Waals surface area contributed by atoms with Gasteiger partial charge in [0.25, 0.3) is 0 Å². The van der Waals surface area contributed by atoms with E-state index in [1.807, 2.05) is 0 Å². The summed E-state index contributed by atoms with van der Waals surface area (Å²) in [5, 5.41) is 0. The Kier molecular flexibility index (Phi) is 4.34. The fourth-order valence-corrected chi connectivity index (χ4v) is 0.319. The predicted octanol–water partition coefficient (Wildman–Crippen LogP) is 0.656. The third-order valence-corrected chi connectivity index (χ3v) is 0.712. The highest BCUT2D eigenvalue weighted by molar-refractivity contribution is 7.81. The first-order valence-corrected chi connectivity index (χ1v) is 2.80. The molecule has 0 bridgehead atoms. The summed E-state index contributed by atoms with van der Waals surface area (Å²) in [5.74, 6) is -0.300. The Labute approximate surface area is 52.2 Å². The number of esters is 1. The van der Waals surface area contributed by atoms with Gasteiger partial charge in [0.2, 0.25) is 0 Å². The van der Waals surface area contributed by atoms with E-state index in [1.165, 1.54) is 0 Å². The van der Waals surface area contributed by atoms with Crippen molar-refractivity contribution in [3.63, 3.8) is 0 Å². The molecule has 0 saturated heterocycles. The number of hydrogen-bond donors (Lipinski definition) is 1. The summed E-state index contributed by atoms with van der Waals surface area (Å²) in [6.07, 6.45) is 0. The van der Waals surface area contributed by atoms with E-state index in [2.05, 4.69) is 17.4 Å². The number of carbonyl (C=O) groups is 1. The van der Waals surface area contributed by atoms with Gasteiger partial charge in [-0.3, -0.25) is 4.79 Å². The molecule has 0 N–H and O–H groups in total. The molecule has 0 aliphatic rings. The summed E-state index contributed by atoms with van der Waals surface area (Å²) in [4.78, 5) is 10.0. The largest absolute Gasteiger partial charge is 0.449 e. The molecule has 0 radical (unpaired) electrons. The van der Waals surface area contributed by atoms with Crippen LogP contribution in [0, 0.1) is 0 Å². The Bertz CT molecular complexity index is 66.0. The van der Waals surface area contributed by atoms with Crippen LogP contribution >= 0.6 is 24.2 Å². The first kappa shape index (κ1) is 7.11. The average molecular weight is 141 g/mol. The lowest BCUT2D eigenvalue weighted by molar-refractivity contribution is -0.138. The third-order valence-electron chi connectivity index (χ3n) is 0.345. The van der Waals surface area contributed by atoms with Gasteiger partial charge in [-0.2, -0.15) is 12.6 Å². The molecular weight excluding hydrogens is 136 g/mol. The predicted molar refractivity (Wildman–Crippen MR) is 30.7 cm³/mol. The average Bonchev–Trinajstić information content (AvgIpc) is 1.68. The van der Waals surface area contributed by atoms with Crippen molar-refractivity contribution in [2.45, 2.75) is 0 Å². The molecule has 0 aromatic heterocycles. The van der Waals surface area contributed by atoms with Gasteiger partial charge >= 0.3 is 5.97 Å². The second kappa shape index (κ2) is 4.27. The van der Waals surface area contributed by atoms with Gasteiger partial charge in [-0.05, 0) is 0 Å². The van der Waals surface area contributed by atoms with Crippen molar-refractivity contribution in [3.8, 4) is 0 Å². The number of thiol groups is 1. The van der Waals surface area contributed by atoms with Crippen molar-refractivity contribution in [3.05, 3.63) is 0 Å². The van der Waals surface area contributed by atoms with E-state index in [-0.39, 0.29) is 11.8 Å². The Morgan fingerprint density at radius 3 is 2.57 bits per heavy atom.